The maximum Gasteiger partial charge on any atom is 0.342 e. The van der Waals surface area contributed by atoms with Crippen molar-refractivity contribution in [2.24, 2.45) is 5.73 Å². The second-order valence-corrected chi connectivity index (χ2v) is 3.86. The number of rotatable bonds is 6. The van der Waals surface area contributed by atoms with E-state index >= 15 is 0 Å². The predicted octanol–water partition coefficient (Wildman–Crippen LogP) is 0.743. The van der Waals surface area contributed by atoms with Crippen LogP contribution < -0.4 is 19.9 Å². The topological polar surface area (TPSA) is 97.1 Å². The molecule has 0 saturated carbocycles. The zero-order valence-electron chi connectivity index (χ0n) is 11.8. The molecule has 0 fully saturated rings. The minimum atomic E-state index is -1.04. The van der Waals surface area contributed by atoms with E-state index < -0.39 is 18.0 Å². The summed E-state index contributed by atoms with van der Waals surface area (Å²) >= 11 is 0. The summed E-state index contributed by atoms with van der Waals surface area (Å²) in [6.07, 6.45) is -1.04. The summed E-state index contributed by atoms with van der Waals surface area (Å²) < 4.78 is 20.2. The Morgan fingerprint density at radius 2 is 1.50 bits per heavy atom. The average Bonchev–Trinajstić information content (AvgIpc) is 2.45. The molecule has 0 heterocycles. The molecule has 2 N–H and O–H groups in total. The third-order valence-electron chi connectivity index (χ3n) is 2.61. The number of methoxy groups -OCH3 is 3. The van der Waals surface area contributed by atoms with Gasteiger partial charge in [0.1, 0.15) is 11.3 Å². The molecule has 20 heavy (non-hydrogen) atoms. The number of esters is 1. The Labute approximate surface area is 116 Å². The van der Waals surface area contributed by atoms with Crippen LogP contribution >= 0.6 is 0 Å². The highest BCUT2D eigenvalue weighted by atomic mass is 16.6. The van der Waals surface area contributed by atoms with Gasteiger partial charge in [0, 0.05) is 12.1 Å². The predicted molar refractivity (Wildman–Crippen MR) is 70.2 cm³/mol. The largest absolute Gasteiger partial charge is 0.496 e. The van der Waals surface area contributed by atoms with Crippen molar-refractivity contribution in [3.8, 4) is 17.2 Å². The molecule has 110 valence electrons. The van der Waals surface area contributed by atoms with Gasteiger partial charge >= 0.3 is 5.97 Å². The van der Waals surface area contributed by atoms with Crippen molar-refractivity contribution in [3.05, 3.63) is 17.7 Å². The lowest BCUT2D eigenvalue weighted by Gasteiger charge is -2.15. The van der Waals surface area contributed by atoms with Crippen LogP contribution in [0.3, 0.4) is 0 Å². The molecule has 0 aliphatic rings. The third kappa shape index (κ3) is 3.31. The van der Waals surface area contributed by atoms with Crippen LogP contribution in [-0.2, 0) is 9.53 Å². The highest BCUT2D eigenvalue weighted by Gasteiger charge is 2.22. The fourth-order valence-corrected chi connectivity index (χ4v) is 1.47. The summed E-state index contributed by atoms with van der Waals surface area (Å²) in [5.41, 5.74) is 5.15. The van der Waals surface area contributed by atoms with Crippen LogP contribution in [0.4, 0.5) is 0 Å². The molecule has 0 saturated heterocycles. The second kappa shape index (κ2) is 6.65. The van der Waals surface area contributed by atoms with E-state index in [1.54, 1.807) is 0 Å². The number of ether oxygens (including phenoxy) is 4. The van der Waals surface area contributed by atoms with Gasteiger partial charge in [-0.05, 0) is 6.92 Å². The fraction of sp³-hybridized carbons (Fsp3) is 0.385. The van der Waals surface area contributed by atoms with Crippen LogP contribution in [0.5, 0.6) is 17.2 Å². The van der Waals surface area contributed by atoms with Crippen LogP contribution in [0, 0.1) is 0 Å². The molecule has 0 bridgehead atoms. The van der Waals surface area contributed by atoms with Gasteiger partial charge in [-0.25, -0.2) is 4.79 Å². The number of benzene rings is 1. The summed E-state index contributed by atoms with van der Waals surface area (Å²) in [6, 6.07) is 2.90. The smallest absolute Gasteiger partial charge is 0.342 e. The Kier molecular flexibility index (Phi) is 5.19. The number of hydrogen-bond acceptors (Lipinski definition) is 6. The van der Waals surface area contributed by atoms with E-state index in [0.29, 0.717) is 11.5 Å². The van der Waals surface area contributed by atoms with Gasteiger partial charge in [0.25, 0.3) is 5.91 Å². The minimum Gasteiger partial charge on any atom is -0.496 e. The van der Waals surface area contributed by atoms with E-state index in [1.165, 1.54) is 40.4 Å². The number of hydrogen-bond donors (Lipinski definition) is 1. The van der Waals surface area contributed by atoms with Crippen molar-refractivity contribution < 1.29 is 28.5 Å². The maximum absolute atomic E-state index is 12.0. The molecule has 7 heteroatoms. The SMILES string of the molecule is COc1cc(OC)c(C(=O)O[C@H](C)C(N)=O)cc1OC. The van der Waals surface area contributed by atoms with E-state index in [1.807, 2.05) is 0 Å². The summed E-state index contributed by atoms with van der Waals surface area (Å²) in [6.45, 7) is 1.38. The molecule has 7 nitrogen and oxygen atoms in total. The molecule has 1 amide bonds. The van der Waals surface area contributed by atoms with Crippen LogP contribution in [0.15, 0.2) is 12.1 Å². The molecule has 0 aliphatic heterocycles. The zero-order chi connectivity index (χ0) is 15.3. The number of nitrogens with two attached hydrogens (primary N) is 1. The highest BCUT2D eigenvalue weighted by Crippen LogP contribution is 2.35. The molecule has 0 aliphatic carbocycles. The molecule has 0 aromatic heterocycles. The van der Waals surface area contributed by atoms with Gasteiger partial charge in [0.05, 0.1) is 21.3 Å². The number of primary amides is 1. The van der Waals surface area contributed by atoms with Crippen molar-refractivity contribution in [2.75, 3.05) is 21.3 Å². The van der Waals surface area contributed by atoms with Crippen LogP contribution in [-0.4, -0.2) is 39.3 Å². The van der Waals surface area contributed by atoms with Gasteiger partial charge in [-0.1, -0.05) is 0 Å². The van der Waals surface area contributed by atoms with E-state index in [0.717, 1.165) is 0 Å². The molecule has 0 radical (unpaired) electrons. The Morgan fingerprint density at radius 3 is 1.95 bits per heavy atom. The normalized spacial score (nSPS) is 11.4. The van der Waals surface area contributed by atoms with Crippen LogP contribution in [0.25, 0.3) is 0 Å². The van der Waals surface area contributed by atoms with E-state index in [-0.39, 0.29) is 11.3 Å². The lowest BCUT2D eigenvalue weighted by molar-refractivity contribution is -0.125. The first kappa shape index (κ1) is 15.6. The van der Waals surface area contributed by atoms with Gasteiger partial charge in [0.15, 0.2) is 17.6 Å². The number of carbonyl (C=O) groups is 2. The molecule has 1 aromatic carbocycles. The Hall–Kier alpha value is -2.44. The highest BCUT2D eigenvalue weighted by molar-refractivity contribution is 5.95. The molecule has 0 spiro atoms. The average molecular weight is 283 g/mol. The van der Waals surface area contributed by atoms with E-state index in [2.05, 4.69) is 0 Å². The van der Waals surface area contributed by atoms with Crippen molar-refractivity contribution in [1.29, 1.82) is 0 Å². The molecule has 1 atom stereocenters. The summed E-state index contributed by atoms with van der Waals surface area (Å²) in [4.78, 5) is 22.9. The molecule has 1 aromatic rings. The first-order valence-corrected chi connectivity index (χ1v) is 5.74. The number of amides is 1. The van der Waals surface area contributed by atoms with Gasteiger partial charge < -0.3 is 24.7 Å². The van der Waals surface area contributed by atoms with Crippen molar-refractivity contribution in [2.45, 2.75) is 13.0 Å². The van der Waals surface area contributed by atoms with Gasteiger partial charge in [-0.15, -0.1) is 0 Å². The zero-order valence-corrected chi connectivity index (χ0v) is 11.8. The Morgan fingerprint density at radius 1 is 1.00 bits per heavy atom. The molecular weight excluding hydrogens is 266 g/mol. The summed E-state index contributed by atoms with van der Waals surface area (Å²) in [7, 11) is 4.30. The second-order valence-electron chi connectivity index (χ2n) is 3.86. The molecule has 1 rings (SSSR count). The summed E-state index contributed by atoms with van der Waals surface area (Å²) in [5.74, 6) is -0.493. The third-order valence-corrected chi connectivity index (χ3v) is 2.61. The minimum absolute atomic E-state index is 0.109. The quantitative estimate of drug-likeness (QED) is 0.773. The lowest BCUT2D eigenvalue weighted by Crippen LogP contribution is -2.30. The van der Waals surface area contributed by atoms with Gasteiger partial charge in [-0.3, -0.25) is 4.79 Å². The van der Waals surface area contributed by atoms with Crippen LogP contribution in [0.1, 0.15) is 17.3 Å². The standard InChI is InChI=1S/C13H17NO6/c1-7(12(14)15)20-13(16)8-5-10(18-3)11(19-4)6-9(8)17-2/h5-7H,1-4H3,(H2,14,15)/t7-/m1/s1. The Balaban J connectivity index is 3.15. The van der Waals surface area contributed by atoms with Gasteiger partial charge in [-0.2, -0.15) is 0 Å². The van der Waals surface area contributed by atoms with E-state index in [4.69, 9.17) is 24.7 Å². The summed E-state index contributed by atoms with van der Waals surface area (Å²) in [5, 5.41) is 0. The molecular formula is C13H17NO6. The van der Waals surface area contributed by atoms with Crippen molar-refractivity contribution in [1.82, 2.24) is 0 Å². The maximum atomic E-state index is 12.0. The Bertz CT molecular complexity index is 514. The first-order chi connectivity index (χ1) is 9.44. The van der Waals surface area contributed by atoms with Gasteiger partial charge in [0.2, 0.25) is 0 Å². The van der Waals surface area contributed by atoms with E-state index in [9.17, 15) is 9.59 Å². The van der Waals surface area contributed by atoms with Crippen molar-refractivity contribution >= 4 is 11.9 Å². The van der Waals surface area contributed by atoms with Crippen LogP contribution in [0.2, 0.25) is 0 Å². The monoisotopic (exact) mass is 283 g/mol. The van der Waals surface area contributed by atoms with Crippen molar-refractivity contribution in [3.63, 3.8) is 0 Å². The lowest BCUT2D eigenvalue weighted by atomic mass is 10.1. The fourth-order valence-electron chi connectivity index (χ4n) is 1.47. The molecule has 0 unspecified atom stereocenters. The number of carbonyl (C=O) groups excluding carboxylic acids is 2. The first-order valence-electron chi connectivity index (χ1n) is 5.74.